The molecule has 2 aromatic rings. The molecule has 2 unspecified atom stereocenters. The zero-order valence-corrected chi connectivity index (χ0v) is 18.1. The minimum Gasteiger partial charge on any atom is -0.338 e. The first-order chi connectivity index (χ1) is 13.8. The Hall–Kier alpha value is -1.99. The first-order valence-electron chi connectivity index (χ1n) is 10.6. The largest absolute Gasteiger partial charge is 0.338 e. The lowest BCUT2D eigenvalue weighted by Crippen LogP contribution is -2.46. The van der Waals surface area contributed by atoms with Crippen LogP contribution in [0, 0.1) is 5.92 Å². The lowest BCUT2D eigenvalue weighted by molar-refractivity contribution is 0.467. The molecule has 1 N–H and O–H groups in total. The third-order valence-corrected chi connectivity index (χ3v) is 7.38. The molecule has 29 heavy (non-hydrogen) atoms. The van der Waals surface area contributed by atoms with E-state index in [4.69, 9.17) is 9.97 Å². The van der Waals surface area contributed by atoms with Crippen LogP contribution in [0.1, 0.15) is 55.1 Å². The van der Waals surface area contributed by atoms with Crippen LogP contribution in [-0.2, 0) is 29.3 Å². The molecule has 3 atom stereocenters. The topological polar surface area (TPSA) is 75.2 Å². The summed E-state index contributed by atoms with van der Waals surface area (Å²) < 4.78 is 26.4. The number of rotatable bonds is 4. The Balaban J connectivity index is 1.55. The maximum Gasteiger partial charge on any atom is 0.226 e. The van der Waals surface area contributed by atoms with Crippen molar-refractivity contribution in [3.63, 3.8) is 0 Å². The number of aromatic nitrogens is 2. The maximum absolute atomic E-state index is 11.8. The fourth-order valence-electron chi connectivity index (χ4n) is 5.01. The number of sulfonamides is 1. The van der Waals surface area contributed by atoms with Crippen LogP contribution in [-0.4, -0.2) is 37.2 Å². The summed E-state index contributed by atoms with van der Waals surface area (Å²) in [7, 11) is -3.25. The minimum atomic E-state index is -3.25. The molecule has 1 fully saturated rings. The summed E-state index contributed by atoms with van der Waals surface area (Å²) in [6.45, 7) is 5.36. The van der Waals surface area contributed by atoms with Gasteiger partial charge >= 0.3 is 0 Å². The Labute approximate surface area is 172 Å². The highest BCUT2D eigenvalue weighted by molar-refractivity contribution is 7.88. The van der Waals surface area contributed by atoms with Crippen LogP contribution in [0.3, 0.4) is 0 Å². The molecule has 0 radical (unpaired) electrons. The number of nitrogens with zero attached hydrogens (tertiary/aromatic N) is 3. The number of benzene rings is 1. The number of nitrogens with one attached hydrogen (secondary N) is 1. The van der Waals surface area contributed by atoms with Crippen LogP contribution in [0.15, 0.2) is 18.2 Å². The smallest absolute Gasteiger partial charge is 0.226 e. The van der Waals surface area contributed by atoms with Crippen LogP contribution in [0.5, 0.6) is 0 Å². The van der Waals surface area contributed by atoms with Gasteiger partial charge in [0, 0.05) is 35.4 Å². The summed E-state index contributed by atoms with van der Waals surface area (Å²) in [6.07, 6.45) is 6.50. The SMILES string of the molecule is CC1Cc2cc(-c3nc(N4CC[C@@H]4C)nc4c3CCC4)ccc2C1NS(C)(=O)=O. The monoisotopic (exact) mass is 412 g/mol. The van der Waals surface area contributed by atoms with Crippen molar-refractivity contribution in [2.45, 2.75) is 58.0 Å². The lowest BCUT2D eigenvalue weighted by atomic mass is 9.99. The highest BCUT2D eigenvalue weighted by Crippen LogP contribution is 2.40. The molecule has 2 aliphatic carbocycles. The molecule has 0 saturated carbocycles. The minimum absolute atomic E-state index is 0.150. The summed E-state index contributed by atoms with van der Waals surface area (Å²) in [6, 6.07) is 6.78. The number of anilines is 1. The standard InChI is InChI=1S/C22H28N4O2S/c1-13-11-16-12-15(7-8-17(16)20(13)25-29(3,27)28)21-18-5-4-6-19(18)23-22(24-21)26-10-9-14(26)2/h7-8,12-14,20,25H,4-6,9-11H2,1-3H3/t13?,14-,20?/m0/s1. The molecule has 0 amide bonds. The van der Waals surface area contributed by atoms with E-state index in [1.807, 2.05) is 0 Å². The predicted octanol–water partition coefficient (Wildman–Crippen LogP) is 3.01. The molecule has 0 spiro atoms. The average Bonchev–Trinajstić information content (AvgIpc) is 3.23. The molecule has 1 aliphatic heterocycles. The van der Waals surface area contributed by atoms with Gasteiger partial charge in [0.15, 0.2) is 0 Å². The van der Waals surface area contributed by atoms with Crippen molar-refractivity contribution < 1.29 is 8.42 Å². The molecule has 3 aliphatic rings. The Morgan fingerprint density at radius 1 is 1.17 bits per heavy atom. The zero-order chi connectivity index (χ0) is 20.3. The molecule has 7 heteroatoms. The van der Waals surface area contributed by atoms with E-state index in [0.717, 1.165) is 55.0 Å². The van der Waals surface area contributed by atoms with E-state index in [9.17, 15) is 8.42 Å². The summed E-state index contributed by atoms with van der Waals surface area (Å²) in [4.78, 5) is 12.2. The zero-order valence-electron chi connectivity index (χ0n) is 17.3. The summed E-state index contributed by atoms with van der Waals surface area (Å²) in [5.74, 6) is 1.11. The van der Waals surface area contributed by atoms with Crippen molar-refractivity contribution in [2.24, 2.45) is 5.92 Å². The third-order valence-electron chi connectivity index (χ3n) is 6.70. The molecule has 2 heterocycles. The molecule has 1 aromatic heterocycles. The molecule has 154 valence electrons. The normalized spacial score (nSPS) is 25.6. The van der Waals surface area contributed by atoms with Crippen LogP contribution in [0.2, 0.25) is 0 Å². The van der Waals surface area contributed by atoms with Crippen LogP contribution in [0.25, 0.3) is 11.3 Å². The average molecular weight is 413 g/mol. The number of hydrogen-bond donors (Lipinski definition) is 1. The van der Waals surface area contributed by atoms with E-state index in [-0.39, 0.29) is 12.0 Å². The Morgan fingerprint density at radius 2 is 2.00 bits per heavy atom. The highest BCUT2D eigenvalue weighted by Gasteiger charge is 2.33. The van der Waals surface area contributed by atoms with Crippen molar-refractivity contribution >= 4 is 16.0 Å². The Kier molecular flexibility index (Phi) is 4.44. The van der Waals surface area contributed by atoms with E-state index in [0.29, 0.717) is 6.04 Å². The number of fused-ring (bicyclic) bond motifs is 2. The second kappa shape index (κ2) is 6.77. The first-order valence-corrected chi connectivity index (χ1v) is 12.5. The van der Waals surface area contributed by atoms with Gasteiger partial charge in [-0.2, -0.15) is 0 Å². The quantitative estimate of drug-likeness (QED) is 0.836. The maximum atomic E-state index is 11.8. The second-order valence-electron chi connectivity index (χ2n) is 8.94. The van der Waals surface area contributed by atoms with Gasteiger partial charge in [0.05, 0.1) is 11.9 Å². The number of aryl methyl sites for hydroxylation is 1. The van der Waals surface area contributed by atoms with E-state index >= 15 is 0 Å². The van der Waals surface area contributed by atoms with E-state index in [1.54, 1.807) is 0 Å². The lowest BCUT2D eigenvalue weighted by Gasteiger charge is -2.39. The van der Waals surface area contributed by atoms with Crippen LogP contribution < -0.4 is 9.62 Å². The van der Waals surface area contributed by atoms with Crippen molar-refractivity contribution in [3.05, 3.63) is 40.6 Å². The highest BCUT2D eigenvalue weighted by atomic mass is 32.2. The molecular formula is C22H28N4O2S. The van der Waals surface area contributed by atoms with Crippen molar-refractivity contribution in [1.82, 2.24) is 14.7 Å². The van der Waals surface area contributed by atoms with Gasteiger partial charge in [-0.3, -0.25) is 0 Å². The van der Waals surface area contributed by atoms with Crippen molar-refractivity contribution in [2.75, 3.05) is 17.7 Å². The predicted molar refractivity (Wildman–Crippen MR) is 115 cm³/mol. The van der Waals surface area contributed by atoms with Gasteiger partial charge in [-0.1, -0.05) is 19.1 Å². The van der Waals surface area contributed by atoms with Crippen molar-refractivity contribution in [3.8, 4) is 11.3 Å². The molecule has 1 saturated heterocycles. The van der Waals surface area contributed by atoms with E-state index < -0.39 is 10.0 Å². The number of hydrogen-bond acceptors (Lipinski definition) is 5. The fourth-order valence-corrected chi connectivity index (χ4v) is 5.84. The Bertz CT molecular complexity index is 1080. The van der Waals surface area contributed by atoms with Gasteiger partial charge in [0.2, 0.25) is 16.0 Å². The third kappa shape index (κ3) is 3.34. The van der Waals surface area contributed by atoms with Gasteiger partial charge < -0.3 is 4.90 Å². The summed E-state index contributed by atoms with van der Waals surface area (Å²) in [5, 5.41) is 0. The molecule has 6 nitrogen and oxygen atoms in total. The summed E-state index contributed by atoms with van der Waals surface area (Å²) in [5.41, 5.74) is 7.00. The van der Waals surface area contributed by atoms with Crippen molar-refractivity contribution in [1.29, 1.82) is 0 Å². The van der Waals surface area contributed by atoms with E-state index in [2.05, 4.69) is 41.7 Å². The molecule has 0 bridgehead atoms. The second-order valence-corrected chi connectivity index (χ2v) is 10.7. The van der Waals surface area contributed by atoms with Gasteiger partial charge in [0.25, 0.3) is 0 Å². The van der Waals surface area contributed by atoms with Gasteiger partial charge in [-0.25, -0.2) is 23.1 Å². The van der Waals surface area contributed by atoms with E-state index in [1.165, 1.54) is 29.5 Å². The van der Waals surface area contributed by atoms with Gasteiger partial charge in [-0.15, -0.1) is 0 Å². The van der Waals surface area contributed by atoms with Gasteiger partial charge in [-0.05, 0) is 62.1 Å². The molecule has 1 aromatic carbocycles. The molecular weight excluding hydrogens is 384 g/mol. The Morgan fingerprint density at radius 3 is 2.69 bits per heavy atom. The molecule has 5 rings (SSSR count). The summed E-state index contributed by atoms with van der Waals surface area (Å²) >= 11 is 0. The van der Waals surface area contributed by atoms with Gasteiger partial charge in [0.1, 0.15) is 0 Å². The van der Waals surface area contributed by atoms with Crippen LogP contribution in [0.4, 0.5) is 5.95 Å². The fraction of sp³-hybridized carbons (Fsp3) is 0.545. The van der Waals surface area contributed by atoms with Crippen LogP contribution >= 0.6 is 0 Å². The first kappa shape index (κ1) is 19.0.